The van der Waals surface area contributed by atoms with Crippen molar-refractivity contribution in [1.82, 2.24) is 0 Å². The lowest BCUT2D eigenvalue weighted by molar-refractivity contribution is 0.0988. The van der Waals surface area contributed by atoms with E-state index in [-0.39, 0.29) is 5.78 Å². The molecule has 0 saturated heterocycles. The highest BCUT2D eigenvalue weighted by Gasteiger charge is 2.05. The van der Waals surface area contributed by atoms with Crippen LogP contribution in [-0.4, -0.2) is 10.9 Å². The SMILES string of the molecule is CCC(=O)c1cccc(C(N)O)c1. The number of benzene rings is 1. The predicted octanol–water partition coefficient (Wildman–Crippen LogP) is 1.23. The number of hydrogen-bond acceptors (Lipinski definition) is 3. The molecule has 0 aliphatic carbocycles. The molecule has 0 aliphatic heterocycles. The van der Waals surface area contributed by atoms with E-state index in [0.29, 0.717) is 17.5 Å². The van der Waals surface area contributed by atoms with Crippen LogP contribution < -0.4 is 5.73 Å². The Labute approximate surface area is 77.2 Å². The van der Waals surface area contributed by atoms with Gasteiger partial charge >= 0.3 is 0 Å². The largest absolute Gasteiger partial charge is 0.375 e. The highest BCUT2D eigenvalue weighted by Crippen LogP contribution is 2.11. The molecule has 1 rings (SSSR count). The van der Waals surface area contributed by atoms with Crippen molar-refractivity contribution in [3.8, 4) is 0 Å². The van der Waals surface area contributed by atoms with E-state index in [2.05, 4.69) is 0 Å². The van der Waals surface area contributed by atoms with Gasteiger partial charge in [-0.1, -0.05) is 25.1 Å². The van der Waals surface area contributed by atoms with Crippen LogP contribution in [0.5, 0.6) is 0 Å². The van der Waals surface area contributed by atoms with Gasteiger partial charge in [-0.2, -0.15) is 0 Å². The molecule has 1 atom stereocenters. The Morgan fingerprint density at radius 2 is 2.31 bits per heavy atom. The Morgan fingerprint density at radius 3 is 2.85 bits per heavy atom. The van der Waals surface area contributed by atoms with Gasteiger partial charge in [-0.25, -0.2) is 0 Å². The number of Topliss-reactive ketones (excluding diaryl/α,β-unsaturated/α-hetero) is 1. The lowest BCUT2D eigenvalue weighted by atomic mass is 10.1. The molecule has 1 unspecified atom stereocenters. The van der Waals surface area contributed by atoms with E-state index in [0.717, 1.165) is 0 Å². The Kier molecular flexibility index (Phi) is 3.17. The van der Waals surface area contributed by atoms with Gasteiger partial charge in [0.2, 0.25) is 0 Å². The summed E-state index contributed by atoms with van der Waals surface area (Å²) >= 11 is 0. The predicted molar refractivity (Wildman–Crippen MR) is 50.2 cm³/mol. The summed E-state index contributed by atoms with van der Waals surface area (Å²) in [5, 5.41) is 9.07. The number of carbonyl (C=O) groups excluding carboxylic acids is 1. The van der Waals surface area contributed by atoms with E-state index in [1.54, 1.807) is 31.2 Å². The van der Waals surface area contributed by atoms with Crippen LogP contribution in [0.3, 0.4) is 0 Å². The van der Waals surface area contributed by atoms with Crippen molar-refractivity contribution >= 4 is 5.78 Å². The standard InChI is InChI=1S/C10H13NO2/c1-2-9(12)7-4-3-5-8(6-7)10(11)13/h3-6,10,13H,2,11H2,1H3. The summed E-state index contributed by atoms with van der Waals surface area (Å²) in [6, 6.07) is 6.75. The van der Waals surface area contributed by atoms with Gasteiger partial charge in [0.25, 0.3) is 0 Å². The normalized spacial score (nSPS) is 12.5. The first-order chi connectivity index (χ1) is 6.15. The maximum atomic E-state index is 11.3. The summed E-state index contributed by atoms with van der Waals surface area (Å²) < 4.78 is 0. The third-order valence-corrected chi connectivity index (χ3v) is 1.87. The molecule has 0 heterocycles. The number of hydrogen-bond donors (Lipinski definition) is 2. The minimum Gasteiger partial charge on any atom is -0.375 e. The molecule has 1 aromatic carbocycles. The zero-order valence-corrected chi connectivity index (χ0v) is 7.53. The molecular weight excluding hydrogens is 166 g/mol. The lowest BCUT2D eigenvalue weighted by Gasteiger charge is -2.05. The topological polar surface area (TPSA) is 63.3 Å². The third-order valence-electron chi connectivity index (χ3n) is 1.87. The van der Waals surface area contributed by atoms with Crippen molar-refractivity contribution in [3.05, 3.63) is 35.4 Å². The zero-order valence-electron chi connectivity index (χ0n) is 7.53. The smallest absolute Gasteiger partial charge is 0.162 e. The van der Waals surface area contributed by atoms with Gasteiger partial charge in [0.15, 0.2) is 5.78 Å². The van der Waals surface area contributed by atoms with Gasteiger partial charge < -0.3 is 10.8 Å². The van der Waals surface area contributed by atoms with Gasteiger partial charge in [-0.05, 0) is 11.6 Å². The molecule has 3 heteroatoms. The van der Waals surface area contributed by atoms with Crippen LogP contribution in [0.4, 0.5) is 0 Å². The van der Waals surface area contributed by atoms with Crippen LogP contribution in [-0.2, 0) is 0 Å². The Morgan fingerprint density at radius 1 is 1.62 bits per heavy atom. The molecule has 70 valence electrons. The first-order valence-electron chi connectivity index (χ1n) is 4.22. The Bertz CT molecular complexity index is 308. The van der Waals surface area contributed by atoms with Crippen molar-refractivity contribution in [2.45, 2.75) is 19.6 Å². The first kappa shape index (κ1) is 9.89. The van der Waals surface area contributed by atoms with Crippen molar-refractivity contribution in [2.75, 3.05) is 0 Å². The molecule has 3 nitrogen and oxygen atoms in total. The Hall–Kier alpha value is -1.19. The monoisotopic (exact) mass is 179 g/mol. The van der Waals surface area contributed by atoms with Crippen LogP contribution in [0.2, 0.25) is 0 Å². The van der Waals surface area contributed by atoms with E-state index < -0.39 is 6.23 Å². The summed E-state index contributed by atoms with van der Waals surface area (Å²) in [7, 11) is 0. The maximum absolute atomic E-state index is 11.3. The number of aliphatic hydroxyl groups is 1. The van der Waals surface area contributed by atoms with Gasteiger partial charge in [-0.3, -0.25) is 4.79 Å². The molecule has 3 N–H and O–H groups in total. The number of aliphatic hydroxyl groups excluding tert-OH is 1. The van der Waals surface area contributed by atoms with E-state index in [9.17, 15) is 4.79 Å². The molecule has 1 aromatic rings. The van der Waals surface area contributed by atoms with E-state index in [1.807, 2.05) is 0 Å². The zero-order chi connectivity index (χ0) is 9.84. The lowest BCUT2D eigenvalue weighted by Crippen LogP contribution is -2.09. The van der Waals surface area contributed by atoms with Crippen LogP contribution in [0.15, 0.2) is 24.3 Å². The van der Waals surface area contributed by atoms with Crippen LogP contribution in [0.1, 0.15) is 35.5 Å². The number of ketones is 1. The highest BCUT2D eigenvalue weighted by atomic mass is 16.3. The molecule has 0 saturated carbocycles. The third kappa shape index (κ3) is 2.37. The number of carbonyl (C=O) groups is 1. The van der Waals surface area contributed by atoms with Gasteiger partial charge in [0.1, 0.15) is 6.23 Å². The summed E-state index contributed by atoms with van der Waals surface area (Å²) in [5.74, 6) is 0.0579. The molecule has 0 spiro atoms. The molecule has 0 fully saturated rings. The molecule has 0 amide bonds. The first-order valence-corrected chi connectivity index (χ1v) is 4.22. The molecular formula is C10H13NO2. The molecule has 0 radical (unpaired) electrons. The fourth-order valence-electron chi connectivity index (χ4n) is 1.10. The summed E-state index contributed by atoms with van der Waals surface area (Å²) in [6.45, 7) is 1.80. The summed E-state index contributed by atoms with van der Waals surface area (Å²) in [5.41, 5.74) is 6.44. The molecule has 13 heavy (non-hydrogen) atoms. The van der Waals surface area contributed by atoms with Crippen molar-refractivity contribution in [3.63, 3.8) is 0 Å². The second-order valence-corrected chi connectivity index (χ2v) is 2.85. The molecule has 0 aromatic heterocycles. The quantitative estimate of drug-likeness (QED) is 0.542. The van der Waals surface area contributed by atoms with Gasteiger partial charge in [-0.15, -0.1) is 0 Å². The minimum atomic E-state index is -1.01. The maximum Gasteiger partial charge on any atom is 0.162 e. The van der Waals surface area contributed by atoms with Crippen molar-refractivity contribution in [2.24, 2.45) is 5.73 Å². The fourth-order valence-corrected chi connectivity index (χ4v) is 1.10. The van der Waals surface area contributed by atoms with E-state index in [1.165, 1.54) is 0 Å². The van der Waals surface area contributed by atoms with Crippen molar-refractivity contribution in [1.29, 1.82) is 0 Å². The fraction of sp³-hybridized carbons (Fsp3) is 0.300. The van der Waals surface area contributed by atoms with Gasteiger partial charge in [0, 0.05) is 12.0 Å². The number of nitrogens with two attached hydrogens (primary N) is 1. The van der Waals surface area contributed by atoms with E-state index >= 15 is 0 Å². The highest BCUT2D eigenvalue weighted by molar-refractivity contribution is 5.95. The summed E-state index contributed by atoms with van der Waals surface area (Å²) in [4.78, 5) is 11.3. The van der Waals surface area contributed by atoms with Crippen molar-refractivity contribution < 1.29 is 9.90 Å². The second-order valence-electron chi connectivity index (χ2n) is 2.85. The van der Waals surface area contributed by atoms with Crippen LogP contribution in [0.25, 0.3) is 0 Å². The number of rotatable bonds is 3. The Balaban J connectivity index is 2.98. The second kappa shape index (κ2) is 4.16. The average Bonchev–Trinajstić information content (AvgIpc) is 2.17. The van der Waals surface area contributed by atoms with E-state index in [4.69, 9.17) is 10.8 Å². The average molecular weight is 179 g/mol. The van der Waals surface area contributed by atoms with Crippen LogP contribution in [0, 0.1) is 0 Å². The van der Waals surface area contributed by atoms with Gasteiger partial charge in [0.05, 0.1) is 0 Å². The minimum absolute atomic E-state index is 0.0579. The molecule has 0 bridgehead atoms. The van der Waals surface area contributed by atoms with Crippen LogP contribution >= 0.6 is 0 Å². The summed E-state index contributed by atoms with van der Waals surface area (Å²) in [6.07, 6.45) is -0.547. The molecule has 0 aliphatic rings.